The van der Waals surface area contributed by atoms with E-state index in [9.17, 15) is 13.6 Å². The molecule has 0 radical (unpaired) electrons. The molecule has 0 bridgehead atoms. The van der Waals surface area contributed by atoms with Crippen LogP contribution in [0.1, 0.15) is 10.4 Å². The lowest BCUT2D eigenvalue weighted by molar-refractivity contribution is 0.0533. The standard InChI is InChI=1S/C9H7ClF2O2/c1-14-7-5-3-2-4-6(7)8(13)9(10,11)12/h2-5H,1H3. The van der Waals surface area contributed by atoms with Crippen LogP contribution >= 0.6 is 11.6 Å². The van der Waals surface area contributed by atoms with Gasteiger partial charge in [-0.1, -0.05) is 12.1 Å². The summed E-state index contributed by atoms with van der Waals surface area (Å²) in [5, 5.41) is -3.89. The van der Waals surface area contributed by atoms with E-state index in [1.807, 2.05) is 0 Å². The highest BCUT2D eigenvalue weighted by Gasteiger charge is 2.37. The van der Waals surface area contributed by atoms with Crippen molar-refractivity contribution in [2.75, 3.05) is 7.11 Å². The van der Waals surface area contributed by atoms with E-state index in [0.717, 1.165) is 0 Å². The number of hydrogen-bond donors (Lipinski definition) is 0. The minimum Gasteiger partial charge on any atom is -0.496 e. The Morgan fingerprint density at radius 1 is 1.43 bits per heavy atom. The molecule has 1 aromatic rings. The van der Waals surface area contributed by atoms with Crippen molar-refractivity contribution in [3.63, 3.8) is 0 Å². The molecule has 0 aliphatic rings. The highest BCUT2D eigenvalue weighted by Crippen LogP contribution is 2.28. The van der Waals surface area contributed by atoms with Crippen LogP contribution in [0.25, 0.3) is 0 Å². The Bertz CT molecular complexity index is 347. The summed E-state index contributed by atoms with van der Waals surface area (Å²) in [6.07, 6.45) is 0. The molecule has 2 nitrogen and oxygen atoms in total. The van der Waals surface area contributed by atoms with Crippen molar-refractivity contribution in [3.05, 3.63) is 29.8 Å². The summed E-state index contributed by atoms with van der Waals surface area (Å²) in [4.78, 5) is 11.1. The normalized spacial score (nSPS) is 11.1. The van der Waals surface area contributed by atoms with E-state index in [0.29, 0.717) is 0 Å². The van der Waals surface area contributed by atoms with Crippen LogP contribution in [0.2, 0.25) is 0 Å². The molecule has 0 aromatic heterocycles. The summed E-state index contributed by atoms with van der Waals surface area (Å²) < 4.78 is 29.7. The van der Waals surface area contributed by atoms with Crippen LogP contribution in [-0.4, -0.2) is 18.3 Å². The number of carbonyl (C=O) groups is 1. The first-order valence-corrected chi connectivity index (χ1v) is 4.09. The van der Waals surface area contributed by atoms with E-state index >= 15 is 0 Å². The molecule has 14 heavy (non-hydrogen) atoms. The summed E-state index contributed by atoms with van der Waals surface area (Å²) in [6, 6.07) is 5.67. The first kappa shape index (κ1) is 10.9. The lowest BCUT2D eigenvalue weighted by Crippen LogP contribution is -2.21. The van der Waals surface area contributed by atoms with Crippen molar-refractivity contribution in [1.29, 1.82) is 0 Å². The van der Waals surface area contributed by atoms with Crippen molar-refractivity contribution in [1.82, 2.24) is 0 Å². The molecule has 5 heteroatoms. The van der Waals surface area contributed by atoms with E-state index in [1.54, 1.807) is 6.07 Å². The molecule has 0 aliphatic carbocycles. The van der Waals surface area contributed by atoms with Gasteiger partial charge >= 0.3 is 5.38 Å². The maximum absolute atomic E-state index is 12.5. The Morgan fingerprint density at radius 2 is 2.00 bits per heavy atom. The molecule has 0 aliphatic heterocycles. The van der Waals surface area contributed by atoms with Gasteiger partial charge in [-0.2, -0.15) is 8.78 Å². The minimum atomic E-state index is -3.89. The molecule has 0 spiro atoms. The van der Waals surface area contributed by atoms with Gasteiger partial charge in [0.1, 0.15) is 5.75 Å². The monoisotopic (exact) mass is 220 g/mol. The fourth-order valence-corrected chi connectivity index (χ4v) is 1.09. The van der Waals surface area contributed by atoms with Gasteiger partial charge in [-0.3, -0.25) is 4.79 Å². The fraction of sp³-hybridized carbons (Fsp3) is 0.222. The van der Waals surface area contributed by atoms with Gasteiger partial charge in [-0.15, -0.1) is 0 Å². The maximum Gasteiger partial charge on any atom is 0.385 e. The molecular formula is C9H7ClF2O2. The van der Waals surface area contributed by atoms with Crippen molar-refractivity contribution in [2.24, 2.45) is 0 Å². The summed E-state index contributed by atoms with van der Waals surface area (Å²) in [5.41, 5.74) is -0.227. The van der Waals surface area contributed by atoms with Crippen LogP contribution in [0.3, 0.4) is 0 Å². The van der Waals surface area contributed by atoms with Gasteiger partial charge in [0.05, 0.1) is 12.7 Å². The number of benzene rings is 1. The molecule has 0 saturated carbocycles. The molecular weight excluding hydrogens is 214 g/mol. The molecule has 0 atom stereocenters. The predicted molar refractivity (Wildman–Crippen MR) is 48.1 cm³/mol. The number of ether oxygens (including phenoxy) is 1. The smallest absolute Gasteiger partial charge is 0.385 e. The lowest BCUT2D eigenvalue weighted by Gasteiger charge is -2.09. The fourth-order valence-electron chi connectivity index (χ4n) is 0.985. The number of carbonyl (C=O) groups excluding carboxylic acids is 1. The van der Waals surface area contributed by atoms with Gasteiger partial charge in [0.25, 0.3) is 5.78 Å². The quantitative estimate of drug-likeness (QED) is 0.578. The number of Topliss-reactive ketones (excluding diaryl/α,β-unsaturated/α-hetero) is 1. The van der Waals surface area contributed by atoms with Crippen LogP contribution in [0.15, 0.2) is 24.3 Å². The number of ketones is 1. The maximum atomic E-state index is 12.5. The van der Waals surface area contributed by atoms with E-state index < -0.39 is 11.2 Å². The molecule has 0 unspecified atom stereocenters. The van der Waals surface area contributed by atoms with Gasteiger partial charge in [0.15, 0.2) is 0 Å². The zero-order chi connectivity index (χ0) is 10.8. The second kappa shape index (κ2) is 3.92. The van der Waals surface area contributed by atoms with E-state index in [1.165, 1.54) is 25.3 Å². The molecule has 0 amide bonds. The molecule has 1 rings (SSSR count). The average molecular weight is 221 g/mol. The Balaban J connectivity index is 3.13. The molecule has 0 heterocycles. The minimum absolute atomic E-state index is 0.0813. The Kier molecular flexibility index (Phi) is 3.06. The summed E-state index contributed by atoms with van der Waals surface area (Å²) in [5.74, 6) is -1.38. The molecule has 76 valence electrons. The van der Waals surface area contributed by atoms with Crippen molar-refractivity contribution in [2.45, 2.75) is 5.38 Å². The first-order valence-electron chi connectivity index (χ1n) is 3.71. The first-order chi connectivity index (χ1) is 6.46. The van der Waals surface area contributed by atoms with Crippen molar-refractivity contribution < 1.29 is 18.3 Å². The Labute approximate surface area is 84.4 Å². The second-order valence-electron chi connectivity index (χ2n) is 2.53. The van der Waals surface area contributed by atoms with Crippen molar-refractivity contribution >= 4 is 17.4 Å². The van der Waals surface area contributed by atoms with Crippen LogP contribution < -0.4 is 4.74 Å². The zero-order valence-electron chi connectivity index (χ0n) is 7.26. The lowest BCUT2D eigenvalue weighted by atomic mass is 10.1. The molecule has 0 fully saturated rings. The topological polar surface area (TPSA) is 26.3 Å². The van der Waals surface area contributed by atoms with Gasteiger partial charge in [-0.25, -0.2) is 0 Å². The van der Waals surface area contributed by atoms with E-state index in [-0.39, 0.29) is 11.3 Å². The molecule has 0 saturated heterocycles. The highest BCUT2D eigenvalue weighted by atomic mass is 35.5. The van der Waals surface area contributed by atoms with E-state index in [4.69, 9.17) is 4.74 Å². The summed E-state index contributed by atoms with van der Waals surface area (Å²) in [6.45, 7) is 0. The second-order valence-corrected chi connectivity index (χ2v) is 3.00. The van der Waals surface area contributed by atoms with Gasteiger partial charge < -0.3 is 4.74 Å². The number of rotatable bonds is 3. The summed E-state index contributed by atoms with van der Waals surface area (Å²) >= 11 is 4.61. The number of alkyl halides is 3. The van der Waals surface area contributed by atoms with Gasteiger partial charge in [0.2, 0.25) is 0 Å². The third-order valence-electron chi connectivity index (χ3n) is 1.61. The SMILES string of the molecule is COc1ccccc1C(=O)C(F)(F)Cl. The zero-order valence-corrected chi connectivity index (χ0v) is 8.02. The van der Waals surface area contributed by atoms with Crippen LogP contribution in [-0.2, 0) is 0 Å². The van der Waals surface area contributed by atoms with E-state index in [2.05, 4.69) is 11.6 Å². The third kappa shape index (κ3) is 2.20. The van der Waals surface area contributed by atoms with Gasteiger partial charge in [-0.05, 0) is 23.7 Å². The molecule has 0 N–H and O–H groups in total. The van der Waals surface area contributed by atoms with Crippen molar-refractivity contribution in [3.8, 4) is 5.75 Å². The largest absolute Gasteiger partial charge is 0.496 e. The van der Waals surface area contributed by atoms with Crippen LogP contribution in [0.5, 0.6) is 5.75 Å². The third-order valence-corrected chi connectivity index (χ3v) is 1.78. The van der Waals surface area contributed by atoms with Crippen LogP contribution in [0.4, 0.5) is 8.78 Å². The van der Waals surface area contributed by atoms with Crippen LogP contribution in [0, 0.1) is 0 Å². The Hall–Kier alpha value is -1.16. The number of halogens is 3. The predicted octanol–water partition coefficient (Wildman–Crippen LogP) is 2.71. The Morgan fingerprint density at radius 3 is 2.50 bits per heavy atom. The number of methoxy groups -OCH3 is 1. The summed E-state index contributed by atoms with van der Waals surface area (Å²) in [7, 11) is 1.29. The number of para-hydroxylation sites is 1. The average Bonchev–Trinajstić information content (AvgIpc) is 2.15. The number of hydrogen-bond acceptors (Lipinski definition) is 2. The highest BCUT2D eigenvalue weighted by molar-refractivity contribution is 6.35. The molecule has 1 aromatic carbocycles. The van der Waals surface area contributed by atoms with Gasteiger partial charge in [0, 0.05) is 0 Å².